The van der Waals surface area contributed by atoms with Crippen LogP contribution in [0.1, 0.15) is 22.3 Å². The van der Waals surface area contributed by atoms with Gasteiger partial charge >= 0.3 is 0 Å². The van der Waals surface area contributed by atoms with E-state index in [0.717, 1.165) is 28.1 Å². The summed E-state index contributed by atoms with van der Waals surface area (Å²) in [5.74, 6) is 0.520. The Morgan fingerprint density at radius 2 is 2.14 bits per heavy atom. The lowest BCUT2D eigenvalue weighted by atomic mass is 10.2. The molecule has 0 saturated carbocycles. The van der Waals surface area contributed by atoms with E-state index in [0.29, 0.717) is 22.0 Å². The van der Waals surface area contributed by atoms with Crippen LogP contribution in [-0.2, 0) is 6.54 Å². The molecule has 7 heteroatoms. The van der Waals surface area contributed by atoms with E-state index in [-0.39, 0.29) is 5.91 Å². The zero-order valence-corrected chi connectivity index (χ0v) is 16.7. The molecule has 0 aliphatic heterocycles. The maximum Gasteiger partial charge on any atom is 0.267 e. The standard InChI is InChI=1S/C21H20N4O2S/c1-4-25-12-17(16-9-6-10-22-19(16)25)21-23-13(2)18(28-21)20(26)24-14-7-5-8-15(11-14)27-3/h5-12H,4H2,1-3H3,(H,24,26). The fourth-order valence-corrected chi connectivity index (χ4v) is 4.13. The van der Waals surface area contributed by atoms with Gasteiger partial charge in [0.05, 0.1) is 12.8 Å². The zero-order valence-electron chi connectivity index (χ0n) is 15.9. The van der Waals surface area contributed by atoms with Crippen molar-refractivity contribution in [3.63, 3.8) is 0 Å². The Balaban J connectivity index is 1.68. The van der Waals surface area contributed by atoms with Crippen LogP contribution in [-0.4, -0.2) is 27.6 Å². The van der Waals surface area contributed by atoms with Crippen LogP contribution in [0.25, 0.3) is 21.6 Å². The smallest absolute Gasteiger partial charge is 0.267 e. The topological polar surface area (TPSA) is 69.0 Å². The lowest BCUT2D eigenvalue weighted by Gasteiger charge is -2.06. The molecule has 0 saturated heterocycles. The van der Waals surface area contributed by atoms with Gasteiger partial charge in [0.25, 0.3) is 5.91 Å². The molecule has 3 heterocycles. The molecule has 6 nitrogen and oxygen atoms in total. The number of aromatic nitrogens is 3. The summed E-state index contributed by atoms with van der Waals surface area (Å²) >= 11 is 1.39. The lowest BCUT2D eigenvalue weighted by Crippen LogP contribution is -2.11. The summed E-state index contributed by atoms with van der Waals surface area (Å²) in [6, 6.07) is 11.3. The highest BCUT2D eigenvalue weighted by Gasteiger charge is 2.19. The number of nitrogens with one attached hydrogen (secondary N) is 1. The number of hydrogen-bond acceptors (Lipinski definition) is 5. The second-order valence-electron chi connectivity index (χ2n) is 6.32. The third-order valence-electron chi connectivity index (χ3n) is 4.54. The minimum Gasteiger partial charge on any atom is -0.497 e. The monoisotopic (exact) mass is 392 g/mol. The molecule has 0 spiro atoms. The number of rotatable bonds is 5. The average Bonchev–Trinajstić information content (AvgIpc) is 3.28. The van der Waals surface area contributed by atoms with Crippen molar-refractivity contribution in [1.29, 1.82) is 0 Å². The van der Waals surface area contributed by atoms with E-state index in [2.05, 4.69) is 33.0 Å². The SMILES string of the molecule is CCn1cc(-c2nc(C)c(C(=O)Nc3cccc(OC)c3)s2)c2cccnc21. The van der Waals surface area contributed by atoms with E-state index in [1.54, 1.807) is 19.4 Å². The summed E-state index contributed by atoms with van der Waals surface area (Å²) in [5, 5.41) is 4.78. The second kappa shape index (κ2) is 7.44. The number of methoxy groups -OCH3 is 1. The van der Waals surface area contributed by atoms with Crippen LogP contribution < -0.4 is 10.1 Å². The molecular weight excluding hydrogens is 372 g/mol. The molecular formula is C21H20N4O2S. The number of nitrogens with zero attached hydrogens (tertiary/aromatic N) is 3. The first kappa shape index (κ1) is 18.2. The molecule has 0 aliphatic carbocycles. The van der Waals surface area contributed by atoms with Gasteiger partial charge in [-0.3, -0.25) is 4.79 Å². The molecule has 142 valence electrons. The average molecular weight is 392 g/mol. The van der Waals surface area contributed by atoms with E-state index >= 15 is 0 Å². The Morgan fingerprint density at radius 3 is 2.93 bits per heavy atom. The molecule has 1 aromatic carbocycles. The van der Waals surface area contributed by atoms with Crippen LogP contribution in [0, 0.1) is 6.92 Å². The minimum absolute atomic E-state index is 0.174. The molecule has 0 fully saturated rings. The number of pyridine rings is 1. The van der Waals surface area contributed by atoms with Crippen LogP contribution in [0.2, 0.25) is 0 Å². The quantitative estimate of drug-likeness (QED) is 0.532. The first-order valence-corrected chi connectivity index (χ1v) is 9.79. The highest BCUT2D eigenvalue weighted by Crippen LogP contribution is 2.34. The van der Waals surface area contributed by atoms with Crippen molar-refractivity contribution in [1.82, 2.24) is 14.5 Å². The first-order valence-electron chi connectivity index (χ1n) is 8.97. The van der Waals surface area contributed by atoms with Crippen molar-refractivity contribution in [3.8, 4) is 16.3 Å². The summed E-state index contributed by atoms with van der Waals surface area (Å²) in [4.78, 5) is 22.6. The van der Waals surface area contributed by atoms with E-state index in [9.17, 15) is 4.79 Å². The molecule has 4 rings (SSSR count). The van der Waals surface area contributed by atoms with Gasteiger partial charge in [-0.2, -0.15) is 0 Å². The van der Waals surface area contributed by atoms with E-state index < -0.39 is 0 Å². The van der Waals surface area contributed by atoms with Crippen LogP contribution in [0.5, 0.6) is 5.75 Å². The third kappa shape index (κ3) is 3.25. The lowest BCUT2D eigenvalue weighted by molar-refractivity contribution is 0.103. The zero-order chi connectivity index (χ0) is 19.7. The Kier molecular flexibility index (Phi) is 4.83. The number of carbonyl (C=O) groups is 1. The summed E-state index contributed by atoms with van der Waals surface area (Å²) in [7, 11) is 1.60. The Hall–Kier alpha value is -3.19. The number of fused-ring (bicyclic) bond motifs is 1. The number of thiazole rings is 1. The fourth-order valence-electron chi connectivity index (χ4n) is 3.15. The van der Waals surface area contributed by atoms with Gasteiger partial charge in [0.15, 0.2) is 0 Å². The van der Waals surface area contributed by atoms with Crippen LogP contribution >= 0.6 is 11.3 Å². The number of benzene rings is 1. The van der Waals surface area contributed by atoms with E-state index in [1.165, 1.54) is 11.3 Å². The first-order chi connectivity index (χ1) is 13.6. The number of aryl methyl sites for hydroxylation is 2. The number of amides is 1. The molecule has 1 N–H and O–H groups in total. The van der Waals surface area contributed by atoms with Crippen LogP contribution in [0.4, 0.5) is 5.69 Å². The number of carbonyl (C=O) groups excluding carboxylic acids is 1. The van der Waals surface area contributed by atoms with Crippen LogP contribution in [0.15, 0.2) is 48.8 Å². The summed E-state index contributed by atoms with van der Waals surface area (Å²) < 4.78 is 7.31. The number of ether oxygens (including phenoxy) is 1. The van der Waals surface area contributed by atoms with Crippen molar-refractivity contribution in [2.45, 2.75) is 20.4 Å². The molecule has 1 amide bonds. The van der Waals surface area contributed by atoms with Gasteiger partial charge in [-0.15, -0.1) is 11.3 Å². The van der Waals surface area contributed by atoms with Gasteiger partial charge in [-0.1, -0.05) is 6.07 Å². The van der Waals surface area contributed by atoms with Crippen molar-refractivity contribution in [2.24, 2.45) is 0 Å². The van der Waals surface area contributed by atoms with Crippen molar-refractivity contribution >= 4 is 34.0 Å². The van der Waals surface area contributed by atoms with Gasteiger partial charge in [0.2, 0.25) is 0 Å². The fraction of sp³-hybridized carbons (Fsp3) is 0.190. The van der Waals surface area contributed by atoms with Gasteiger partial charge in [-0.25, -0.2) is 9.97 Å². The number of hydrogen-bond donors (Lipinski definition) is 1. The van der Waals surface area contributed by atoms with Gasteiger partial charge in [-0.05, 0) is 38.1 Å². The van der Waals surface area contributed by atoms with Crippen molar-refractivity contribution < 1.29 is 9.53 Å². The highest BCUT2D eigenvalue weighted by molar-refractivity contribution is 7.17. The molecule has 0 aliphatic rings. The predicted molar refractivity (Wildman–Crippen MR) is 112 cm³/mol. The predicted octanol–water partition coefficient (Wildman–Crippen LogP) is 4.75. The molecule has 3 aromatic heterocycles. The van der Waals surface area contributed by atoms with E-state index in [4.69, 9.17) is 4.74 Å². The second-order valence-corrected chi connectivity index (χ2v) is 7.32. The number of anilines is 1. The maximum atomic E-state index is 12.8. The molecule has 0 atom stereocenters. The normalized spacial score (nSPS) is 11.0. The Morgan fingerprint density at radius 1 is 1.29 bits per heavy atom. The Labute approximate surface area is 166 Å². The summed E-state index contributed by atoms with van der Waals surface area (Å²) in [5.41, 5.74) is 3.32. The van der Waals surface area contributed by atoms with Crippen LogP contribution in [0.3, 0.4) is 0 Å². The van der Waals surface area contributed by atoms with Crippen molar-refractivity contribution in [3.05, 3.63) is 59.4 Å². The largest absolute Gasteiger partial charge is 0.497 e. The summed E-state index contributed by atoms with van der Waals surface area (Å²) in [6.45, 7) is 4.76. The Bertz CT molecular complexity index is 1160. The molecule has 0 unspecified atom stereocenters. The van der Waals surface area contributed by atoms with Gasteiger partial charge in [0.1, 0.15) is 21.3 Å². The van der Waals surface area contributed by atoms with Gasteiger partial charge in [0, 0.05) is 41.6 Å². The highest BCUT2D eigenvalue weighted by atomic mass is 32.1. The molecule has 0 bridgehead atoms. The molecule has 28 heavy (non-hydrogen) atoms. The third-order valence-corrected chi connectivity index (χ3v) is 5.72. The summed E-state index contributed by atoms with van der Waals surface area (Å²) in [6.07, 6.45) is 3.85. The molecule has 4 aromatic rings. The van der Waals surface area contributed by atoms with E-state index in [1.807, 2.05) is 37.3 Å². The van der Waals surface area contributed by atoms with Gasteiger partial charge < -0.3 is 14.6 Å². The minimum atomic E-state index is -0.174. The molecule has 0 radical (unpaired) electrons. The maximum absolute atomic E-state index is 12.8. The van der Waals surface area contributed by atoms with Crippen molar-refractivity contribution in [2.75, 3.05) is 12.4 Å².